The van der Waals surface area contributed by atoms with Gasteiger partial charge >= 0.3 is 0 Å². The zero-order valence-electron chi connectivity index (χ0n) is 11.0. The molecule has 6 heteroatoms. The first-order chi connectivity index (χ1) is 8.48. The van der Waals surface area contributed by atoms with Crippen molar-refractivity contribution in [3.63, 3.8) is 0 Å². The molecule has 0 unspecified atom stereocenters. The normalized spacial score (nSPS) is 11.1. The van der Waals surface area contributed by atoms with Crippen LogP contribution in [0.3, 0.4) is 0 Å². The Bertz CT molecular complexity index is 407. The van der Waals surface area contributed by atoms with E-state index in [4.69, 9.17) is 10.6 Å². The molecule has 1 aromatic rings. The van der Waals surface area contributed by atoms with Crippen molar-refractivity contribution < 1.29 is 9.53 Å². The number of ether oxygens (including phenoxy) is 1. The number of nitrogens with zero attached hydrogens (tertiary/aromatic N) is 1. The number of nitrogens with one attached hydrogen (secondary N) is 2. The van der Waals surface area contributed by atoms with Crippen LogP contribution in [-0.4, -0.2) is 29.6 Å². The number of hydrogen-bond acceptors (Lipinski definition) is 5. The number of anilines is 1. The number of amides is 1. The maximum absolute atomic E-state index is 11.9. The lowest BCUT2D eigenvalue weighted by molar-refractivity contribution is -0.00818. The second kappa shape index (κ2) is 6.32. The molecule has 0 aromatic carbocycles. The second-order valence-electron chi connectivity index (χ2n) is 4.43. The Balaban J connectivity index is 2.60. The number of aromatic nitrogens is 1. The van der Waals surface area contributed by atoms with E-state index < -0.39 is 5.60 Å². The summed E-state index contributed by atoms with van der Waals surface area (Å²) in [4.78, 5) is 15.9. The predicted molar refractivity (Wildman–Crippen MR) is 70.1 cm³/mol. The van der Waals surface area contributed by atoms with E-state index in [1.807, 2.05) is 20.8 Å². The molecule has 0 spiro atoms. The molecule has 0 atom stereocenters. The molecule has 0 aliphatic carbocycles. The number of hydrazine groups is 1. The Kier molecular flexibility index (Phi) is 5.06. The van der Waals surface area contributed by atoms with Gasteiger partial charge in [-0.25, -0.2) is 10.8 Å². The predicted octanol–water partition coefficient (Wildman–Crippen LogP) is 0.912. The molecule has 0 saturated carbocycles. The van der Waals surface area contributed by atoms with Crippen molar-refractivity contribution in [1.82, 2.24) is 10.3 Å². The van der Waals surface area contributed by atoms with Crippen LogP contribution in [0.5, 0.6) is 0 Å². The topological polar surface area (TPSA) is 89.3 Å². The Labute approximate surface area is 107 Å². The van der Waals surface area contributed by atoms with Crippen LogP contribution < -0.4 is 16.6 Å². The molecule has 0 aliphatic rings. The van der Waals surface area contributed by atoms with Crippen molar-refractivity contribution in [3.05, 3.63) is 23.9 Å². The number of nitrogen functional groups attached to an aromatic ring is 1. The quantitative estimate of drug-likeness (QED) is 0.517. The summed E-state index contributed by atoms with van der Waals surface area (Å²) in [6, 6.07) is 5.02. The molecule has 1 rings (SSSR count). The lowest BCUT2D eigenvalue weighted by Crippen LogP contribution is -2.40. The summed E-state index contributed by atoms with van der Waals surface area (Å²) in [6.45, 7) is 6.78. The first-order valence-corrected chi connectivity index (χ1v) is 5.84. The molecule has 6 nitrogen and oxygen atoms in total. The Morgan fingerprint density at radius 1 is 1.50 bits per heavy atom. The third-order valence-electron chi connectivity index (χ3n) is 2.34. The highest BCUT2D eigenvalue weighted by atomic mass is 16.5. The van der Waals surface area contributed by atoms with Crippen molar-refractivity contribution in [2.45, 2.75) is 26.4 Å². The Morgan fingerprint density at radius 3 is 2.83 bits per heavy atom. The van der Waals surface area contributed by atoms with Gasteiger partial charge in [0.15, 0.2) is 0 Å². The van der Waals surface area contributed by atoms with Gasteiger partial charge in [0, 0.05) is 13.2 Å². The van der Waals surface area contributed by atoms with E-state index in [2.05, 4.69) is 15.7 Å². The van der Waals surface area contributed by atoms with Crippen LogP contribution in [-0.2, 0) is 4.74 Å². The molecule has 0 aliphatic heterocycles. The maximum atomic E-state index is 11.9. The Hall–Kier alpha value is -1.66. The van der Waals surface area contributed by atoms with Gasteiger partial charge in [-0.1, -0.05) is 6.07 Å². The smallest absolute Gasteiger partial charge is 0.270 e. The number of carbonyl (C=O) groups is 1. The first kappa shape index (κ1) is 14.4. The minimum atomic E-state index is -0.395. The number of carbonyl (C=O) groups excluding carboxylic acids is 1. The summed E-state index contributed by atoms with van der Waals surface area (Å²) < 4.78 is 5.49. The van der Waals surface area contributed by atoms with Gasteiger partial charge in [0.2, 0.25) is 0 Å². The molecule has 0 radical (unpaired) electrons. The van der Waals surface area contributed by atoms with Gasteiger partial charge < -0.3 is 15.5 Å². The van der Waals surface area contributed by atoms with Gasteiger partial charge in [-0.3, -0.25) is 4.79 Å². The van der Waals surface area contributed by atoms with Crippen molar-refractivity contribution in [2.24, 2.45) is 5.84 Å². The van der Waals surface area contributed by atoms with Gasteiger partial charge in [0.05, 0.1) is 5.60 Å². The van der Waals surface area contributed by atoms with Crippen LogP contribution in [0.2, 0.25) is 0 Å². The highest BCUT2D eigenvalue weighted by Gasteiger charge is 2.19. The molecule has 100 valence electrons. The average Bonchev–Trinajstić information content (AvgIpc) is 2.36. The lowest BCUT2D eigenvalue weighted by Gasteiger charge is -2.24. The highest BCUT2D eigenvalue weighted by molar-refractivity contribution is 5.92. The molecule has 0 saturated heterocycles. The van der Waals surface area contributed by atoms with Crippen molar-refractivity contribution in [2.75, 3.05) is 18.6 Å². The summed E-state index contributed by atoms with van der Waals surface area (Å²) in [6.07, 6.45) is 0. The Morgan fingerprint density at radius 2 is 2.22 bits per heavy atom. The third-order valence-corrected chi connectivity index (χ3v) is 2.34. The van der Waals surface area contributed by atoms with E-state index in [0.717, 1.165) is 0 Å². The average molecular weight is 252 g/mol. The van der Waals surface area contributed by atoms with E-state index in [1.54, 1.807) is 18.2 Å². The van der Waals surface area contributed by atoms with E-state index in [1.165, 1.54) is 0 Å². The molecule has 1 heterocycles. The summed E-state index contributed by atoms with van der Waals surface area (Å²) in [5.41, 5.74) is 2.32. The highest BCUT2D eigenvalue weighted by Crippen LogP contribution is 2.08. The van der Waals surface area contributed by atoms with Crippen LogP contribution >= 0.6 is 0 Å². The van der Waals surface area contributed by atoms with E-state index >= 15 is 0 Å². The summed E-state index contributed by atoms with van der Waals surface area (Å²) in [5, 5.41) is 2.78. The SMILES string of the molecule is CCOC(C)(C)CNC(=O)c1cccc(NN)n1. The monoisotopic (exact) mass is 252 g/mol. The molecule has 0 bridgehead atoms. The van der Waals surface area contributed by atoms with Gasteiger partial charge in [0.25, 0.3) is 5.91 Å². The van der Waals surface area contributed by atoms with Crippen LogP contribution in [0, 0.1) is 0 Å². The van der Waals surface area contributed by atoms with Crippen LogP contribution in [0.1, 0.15) is 31.3 Å². The molecule has 4 N–H and O–H groups in total. The third kappa shape index (κ3) is 4.31. The molecule has 1 aromatic heterocycles. The zero-order chi connectivity index (χ0) is 13.6. The number of pyridine rings is 1. The van der Waals surface area contributed by atoms with Gasteiger partial charge in [-0.15, -0.1) is 0 Å². The fourth-order valence-electron chi connectivity index (χ4n) is 1.47. The lowest BCUT2D eigenvalue weighted by atomic mass is 10.1. The van der Waals surface area contributed by atoms with E-state index in [9.17, 15) is 4.79 Å². The van der Waals surface area contributed by atoms with Gasteiger partial charge in [-0.2, -0.15) is 0 Å². The molecular formula is C12H20N4O2. The summed E-state index contributed by atoms with van der Waals surface area (Å²) >= 11 is 0. The fourth-order valence-corrected chi connectivity index (χ4v) is 1.47. The number of nitrogens with two attached hydrogens (primary N) is 1. The van der Waals surface area contributed by atoms with Crippen molar-refractivity contribution in [3.8, 4) is 0 Å². The minimum Gasteiger partial charge on any atom is -0.374 e. The molecule has 1 amide bonds. The van der Waals surface area contributed by atoms with Gasteiger partial charge in [-0.05, 0) is 32.9 Å². The second-order valence-corrected chi connectivity index (χ2v) is 4.43. The van der Waals surface area contributed by atoms with Crippen LogP contribution in [0.4, 0.5) is 5.82 Å². The molecule has 18 heavy (non-hydrogen) atoms. The fraction of sp³-hybridized carbons (Fsp3) is 0.500. The standard InChI is InChI=1S/C12H20N4O2/c1-4-18-12(2,3)8-14-11(17)9-6-5-7-10(15-9)16-13/h5-7H,4,8,13H2,1-3H3,(H,14,17)(H,15,16). The number of rotatable bonds is 6. The van der Waals surface area contributed by atoms with Gasteiger partial charge in [0.1, 0.15) is 11.5 Å². The summed E-state index contributed by atoms with van der Waals surface area (Å²) in [7, 11) is 0. The molecule has 0 fully saturated rings. The van der Waals surface area contributed by atoms with E-state index in [0.29, 0.717) is 24.7 Å². The largest absolute Gasteiger partial charge is 0.374 e. The van der Waals surface area contributed by atoms with Crippen LogP contribution in [0.15, 0.2) is 18.2 Å². The summed E-state index contributed by atoms with van der Waals surface area (Å²) in [5.74, 6) is 5.44. The first-order valence-electron chi connectivity index (χ1n) is 5.84. The number of hydrogen-bond donors (Lipinski definition) is 3. The van der Waals surface area contributed by atoms with Crippen LogP contribution in [0.25, 0.3) is 0 Å². The zero-order valence-corrected chi connectivity index (χ0v) is 11.0. The minimum absolute atomic E-state index is 0.250. The molecular weight excluding hydrogens is 232 g/mol. The maximum Gasteiger partial charge on any atom is 0.270 e. The van der Waals surface area contributed by atoms with E-state index in [-0.39, 0.29) is 5.91 Å². The van der Waals surface area contributed by atoms with Crippen molar-refractivity contribution in [1.29, 1.82) is 0 Å². The van der Waals surface area contributed by atoms with Crippen molar-refractivity contribution >= 4 is 11.7 Å².